The highest BCUT2D eigenvalue weighted by atomic mass is 19.4. The zero-order valence-electron chi connectivity index (χ0n) is 15.1. The maximum atomic E-state index is 12.7. The summed E-state index contributed by atoms with van der Waals surface area (Å²) in [5.41, 5.74) is 1.28. The number of rotatable bonds is 3. The molecular formula is C19H12F3N7O. The summed E-state index contributed by atoms with van der Waals surface area (Å²) in [7, 11) is 0. The Morgan fingerprint density at radius 1 is 1.00 bits per heavy atom. The molecule has 4 aromatic heterocycles. The summed E-state index contributed by atoms with van der Waals surface area (Å²) in [4.78, 5) is 31.6. The van der Waals surface area contributed by atoms with Gasteiger partial charge < -0.3 is 4.98 Å². The molecule has 30 heavy (non-hydrogen) atoms. The second-order valence-corrected chi connectivity index (χ2v) is 6.58. The maximum Gasteiger partial charge on any atom is 0.433 e. The zero-order valence-corrected chi connectivity index (χ0v) is 15.1. The summed E-state index contributed by atoms with van der Waals surface area (Å²) >= 11 is 0. The average Bonchev–Trinajstić information content (AvgIpc) is 3.29. The Hall–Kier alpha value is -4.02. The van der Waals surface area contributed by atoms with Gasteiger partial charge in [-0.05, 0) is 23.8 Å². The molecule has 150 valence electrons. The van der Waals surface area contributed by atoms with Crippen molar-refractivity contribution in [1.82, 2.24) is 34.1 Å². The van der Waals surface area contributed by atoms with Gasteiger partial charge in [-0.3, -0.25) is 14.1 Å². The summed E-state index contributed by atoms with van der Waals surface area (Å²) in [5, 5.41) is 0. The van der Waals surface area contributed by atoms with Crippen LogP contribution < -0.4 is 5.69 Å². The van der Waals surface area contributed by atoms with Gasteiger partial charge in [-0.2, -0.15) is 18.2 Å². The lowest BCUT2D eigenvalue weighted by molar-refractivity contribution is -0.141. The van der Waals surface area contributed by atoms with Gasteiger partial charge in [-0.1, -0.05) is 18.2 Å². The molecular weight excluding hydrogens is 399 g/mol. The topological polar surface area (TPSA) is 94.3 Å². The van der Waals surface area contributed by atoms with Gasteiger partial charge in [0, 0.05) is 6.20 Å². The quantitative estimate of drug-likeness (QED) is 0.493. The van der Waals surface area contributed by atoms with Gasteiger partial charge in [0.25, 0.3) is 0 Å². The fraction of sp³-hybridized carbons (Fsp3) is 0.105. The molecule has 0 saturated heterocycles. The van der Waals surface area contributed by atoms with Crippen molar-refractivity contribution in [1.29, 1.82) is 0 Å². The first-order chi connectivity index (χ1) is 14.4. The van der Waals surface area contributed by atoms with E-state index < -0.39 is 17.6 Å². The molecule has 0 aliphatic rings. The van der Waals surface area contributed by atoms with Crippen LogP contribution >= 0.6 is 0 Å². The Labute approximate surface area is 165 Å². The average molecular weight is 411 g/mol. The number of nitrogens with one attached hydrogen (secondary N) is 1. The summed E-state index contributed by atoms with van der Waals surface area (Å²) < 4.78 is 41.2. The molecule has 1 N–H and O–H groups in total. The number of alkyl halides is 3. The van der Waals surface area contributed by atoms with Crippen molar-refractivity contribution in [3.63, 3.8) is 0 Å². The Bertz CT molecular complexity index is 1430. The van der Waals surface area contributed by atoms with Gasteiger partial charge in [0.2, 0.25) is 5.95 Å². The predicted octanol–water partition coefficient (Wildman–Crippen LogP) is 2.92. The van der Waals surface area contributed by atoms with E-state index in [-0.39, 0.29) is 6.54 Å². The van der Waals surface area contributed by atoms with Crippen molar-refractivity contribution in [3.05, 3.63) is 76.9 Å². The highest BCUT2D eigenvalue weighted by molar-refractivity contribution is 5.77. The van der Waals surface area contributed by atoms with Crippen LogP contribution in [0.15, 0.2) is 59.9 Å². The monoisotopic (exact) mass is 411 g/mol. The third-order valence-electron chi connectivity index (χ3n) is 4.62. The second kappa shape index (κ2) is 6.51. The summed E-state index contributed by atoms with van der Waals surface area (Å²) in [6.07, 6.45) is -0.360. The normalized spacial score (nSPS) is 12.1. The second-order valence-electron chi connectivity index (χ2n) is 6.58. The van der Waals surface area contributed by atoms with Gasteiger partial charge in [-0.25, -0.2) is 14.8 Å². The lowest BCUT2D eigenvalue weighted by Crippen LogP contribution is -2.18. The number of hydrogen-bond donors (Lipinski definition) is 1. The van der Waals surface area contributed by atoms with Crippen LogP contribution in [-0.2, 0) is 12.7 Å². The van der Waals surface area contributed by atoms with Gasteiger partial charge in [0.15, 0.2) is 5.65 Å². The molecule has 0 radical (unpaired) electrons. The van der Waals surface area contributed by atoms with Crippen LogP contribution in [0.25, 0.3) is 28.1 Å². The molecule has 1 aromatic carbocycles. The number of aromatic amines is 1. The number of halogens is 3. The van der Waals surface area contributed by atoms with Crippen molar-refractivity contribution in [2.24, 2.45) is 0 Å². The third kappa shape index (κ3) is 3.00. The van der Waals surface area contributed by atoms with Crippen LogP contribution in [0, 0.1) is 0 Å². The van der Waals surface area contributed by atoms with Crippen molar-refractivity contribution in [2.45, 2.75) is 12.7 Å². The molecule has 4 heterocycles. The zero-order chi connectivity index (χ0) is 20.9. The first-order valence-corrected chi connectivity index (χ1v) is 8.80. The van der Waals surface area contributed by atoms with Gasteiger partial charge >= 0.3 is 11.9 Å². The van der Waals surface area contributed by atoms with Crippen molar-refractivity contribution >= 4 is 22.2 Å². The van der Waals surface area contributed by atoms with Crippen LogP contribution in [0.1, 0.15) is 11.3 Å². The van der Waals surface area contributed by atoms with E-state index >= 15 is 0 Å². The molecule has 5 aromatic rings. The van der Waals surface area contributed by atoms with Gasteiger partial charge in [-0.15, -0.1) is 0 Å². The lowest BCUT2D eigenvalue weighted by atomic mass is 10.2. The summed E-state index contributed by atoms with van der Waals surface area (Å²) in [6.45, 7) is 0.00506. The van der Waals surface area contributed by atoms with Crippen LogP contribution in [0.3, 0.4) is 0 Å². The first kappa shape index (κ1) is 18.0. The van der Waals surface area contributed by atoms with Crippen molar-refractivity contribution < 1.29 is 13.2 Å². The molecule has 0 fully saturated rings. The van der Waals surface area contributed by atoms with E-state index in [2.05, 4.69) is 24.9 Å². The lowest BCUT2D eigenvalue weighted by Gasteiger charge is -2.07. The molecule has 11 heteroatoms. The number of H-pyrrole nitrogens is 1. The Morgan fingerprint density at radius 2 is 1.83 bits per heavy atom. The molecule has 5 rings (SSSR count). The number of pyridine rings is 1. The maximum absolute atomic E-state index is 12.7. The minimum absolute atomic E-state index is 0.00506. The fourth-order valence-corrected chi connectivity index (χ4v) is 3.19. The van der Waals surface area contributed by atoms with Crippen LogP contribution in [0.5, 0.6) is 0 Å². The molecule has 0 amide bonds. The number of aromatic nitrogens is 7. The number of fused-ring (bicyclic) bond motifs is 2. The number of benzene rings is 1. The van der Waals surface area contributed by atoms with E-state index in [0.717, 1.165) is 23.3 Å². The van der Waals surface area contributed by atoms with Crippen molar-refractivity contribution in [2.75, 3.05) is 0 Å². The molecule has 0 unspecified atom stereocenters. The minimum atomic E-state index is -4.52. The number of hydrogen-bond acceptors (Lipinski definition) is 5. The highest BCUT2D eigenvalue weighted by Crippen LogP contribution is 2.27. The summed E-state index contributed by atoms with van der Waals surface area (Å²) in [6, 6.07) is 9.62. The standard InChI is InChI=1S/C19H12F3N7O/c20-19(21,22)15-6-5-11(7-23-15)9-28-16-13(26-18(28)30)8-24-17(27-16)29-10-25-12-3-1-2-4-14(12)29/h1-8,10H,9H2,(H,26,30). The van der Waals surface area contributed by atoms with Gasteiger partial charge in [0.1, 0.15) is 17.5 Å². The molecule has 0 bridgehead atoms. The molecule has 8 nitrogen and oxygen atoms in total. The SMILES string of the molecule is O=c1[nH]c2cnc(-n3cnc4ccccc43)nc2n1Cc1ccc(C(F)(F)F)nc1. The largest absolute Gasteiger partial charge is 0.433 e. The van der Waals surface area contributed by atoms with Crippen molar-refractivity contribution in [3.8, 4) is 5.95 Å². The number of imidazole rings is 2. The predicted molar refractivity (Wildman–Crippen MR) is 101 cm³/mol. The Morgan fingerprint density at radius 3 is 2.60 bits per heavy atom. The first-order valence-electron chi connectivity index (χ1n) is 8.80. The fourth-order valence-electron chi connectivity index (χ4n) is 3.19. The van der Waals surface area contributed by atoms with Crippen LogP contribution in [-0.4, -0.2) is 34.1 Å². The number of nitrogens with zero attached hydrogens (tertiary/aromatic N) is 6. The van der Waals surface area contributed by atoms with Crippen LogP contribution in [0.2, 0.25) is 0 Å². The van der Waals surface area contributed by atoms with Crippen LogP contribution in [0.4, 0.5) is 13.2 Å². The van der Waals surface area contributed by atoms with E-state index in [9.17, 15) is 18.0 Å². The van der Waals surface area contributed by atoms with E-state index in [0.29, 0.717) is 22.7 Å². The Kier molecular flexibility index (Phi) is 3.91. The van der Waals surface area contributed by atoms with E-state index in [1.807, 2.05) is 24.3 Å². The third-order valence-corrected chi connectivity index (χ3v) is 4.62. The minimum Gasteiger partial charge on any atom is -0.303 e. The van der Waals surface area contributed by atoms with E-state index in [1.165, 1.54) is 16.8 Å². The summed E-state index contributed by atoms with van der Waals surface area (Å²) in [5.74, 6) is 0.314. The molecule has 0 spiro atoms. The highest BCUT2D eigenvalue weighted by Gasteiger charge is 2.32. The van der Waals surface area contributed by atoms with Gasteiger partial charge in [0.05, 0.1) is 23.8 Å². The molecule has 0 aliphatic carbocycles. The van der Waals surface area contributed by atoms with E-state index in [4.69, 9.17) is 0 Å². The smallest absolute Gasteiger partial charge is 0.303 e. The Balaban J connectivity index is 1.57. The van der Waals surface area contributed by atoms with E-state index in [1.54, 1.807) is 10.9 Å². The molecule has 0 saturated carbocycles. The number of para-hydroxylation sites is 2. The molecule has 0 atom stereocenters. The molecule has 0 aliphatic heterocycles.